The average Bonchev–Trinajstić information content (AvgIpc) is 3.19. The summed E-state index contributed by atoms with van der Waals surface area (Å²) in [6, 6.07) is 6.90. The van der Waals surface area contributed by atoms with Gasteiger partial charge < -0.3 is 10.1 Å². The highest BCUT2D eigenvalue weighted by molar-refractivity contribution is 7.89. The lowest BCUT2D eigenvalue weighted by atomic mass is 10.3. The lowest BCUT2D eigenvalue weighted by molar-refractivity contribution is 0.129. The number of hydrogen-bond donors (Lipinski definition) is 2. The Morgan fingerprint density at radius 1 is 1.32 bits per heavy atom. The highest BCUT2D eigenvalue weighted by Gasteiger charge is 2.27. The fourth-order valence-corrected chi connectivity index (χ4v) is 2.89. The van der Waals surface area contributed by atoms with Gasteiger partial charge in [0.25, 0.3) is 0 Å². The number of methoxy groups -OCH3 is 1. The summed E-state index contributed by atoms with van der Waals surface area (Å²) < 4.78 is 31.7. The largest absolute Gasteiger partial charge is 0.382 e. The minimum absolute atomic E-state index is 0.111. The van der Waals surface area contributed by atoms with Crippen LogP contribution in [0.1, 0.15) is 19.8 Å². The van der Waals surface area contributed by atoms with Gasteiger partial charge in [-0.3, -0.25) is 0 Å². The smallest absolute Gasteiger partial charge is 0.240 e. The molecule has 1 atom stereocenters. The maximum Gasteiger partial charge on any atom is 0.240 e. The monoisotopic (exact) mass is 284 g/mol. The van der Waals surface area contributed by atoms with E-state index in [4.69, 9.17) is 4.74 Å². The lowest BCUT2D eigenvalue weighted by Crippen LogP contribution is -2.25. The normalized spacial score (nSPS) is 17.2. The first-order valence-corrected chi connectivity index (χ1v) is 7.88. The number of anilines is 1. The van der Waals surface area contributed by atoms with Crippen molar-refractivity contribution in [2.45, 2.75) is 36.8 Å². The van der Waals surface area contributed by atoms with Crippen molar-refractivity contribution in [1.29, 1.82) is 0 Å². The summed E-state index contributed by atoms with van der Waals surface area (Å²) in [5.74, 6) is 0. The van der Waals surface area contributed by atoms with Gasteiger partial charge in [-0.25, -0.2) is 13.1 Å². The molecular formula is C13H20N2O3S. The molecule has 1 unspecified atom stereocenters. The maximum atomic E-state index is 12.0. The van der Waals surface area contributed by atoms with Crippen LogP contribution >= 0.6 is 0 Å². The third-order valence-electron chi connectivity index (χ3n) is 3.06. The molecule has 0 saturated heterocycles. The minimum Gasteiger partial charge on any atom is -0.382 e. The van der Waals surface area contributed by atoms with Crippen LogP contribution < -0.4 is 10.0 Å². The van der Waals surface area contributed by atoms with Crippen LogP contribution in [0.3, 0.4) is 0 Å². The van der Waals surface area contributed by atoms with Gasteiger partial charge >= 0.3 is 0 Å². The Morgan fingerprint density at radius 3 is 2.47 bits per heavy atom. The predicted molar refractivity (Wildman–Crippen MR) is 74.7 cm³/mol. The third-order valence-corrected chi connectivity index (χ3v) is 4.60. The summed E-state index contributed by atoms with van der Waals surface area (Å²) in [5.41, 5.74) is 0.884. The van der Waals surface area contributed by atoms with E-state index >= 15 is 0 Å². The molecule has 106 valence electrons. The van der Waals surface area contributed by atoms with Gasteiger partial charge in [-0.05, 0) is 44.0 Å². The summed E-state index contributed by atoms with van der Waals surface area (Å²) >= 11 is 0. The molecule has 5 nitrogen and oxygen atoms in total. The van der Waals surface area contributed by atoms with E-state index < -0.39 is 10.0 Å². The van der Waals surface area contributed by atoms with Crippen LogP contribution in [0.2, 0.25) is 0 Å². The fraction of sp³-hybridized carbons (Fsp3) is 0.538. The first kappa shape index (κ1) is 14.3. The van der Waals surface area contributed by atoms with E-state index in [9.17, 15) is 8.42 Å². The molecule has 1 fully saturated rings. The van der Waals surface area contributed by atoms with Crippen molar-refractivity contribution in [2.75, 3.05) is 19.0 Å². The topological polar surface area (TPSA) is 67.4 Å². The van der Waals surface area contributed by atoms with Gasteiger partial charge in [0.15, 0.2) is 0 Å². The number of sulfonamides is 1. The number of rotatable bonds is 7. The predicted octanol–water partition coefficient (Wildman–Crippen LogP) is 1.57. The number of benzene rings is 1. The third kappa shape index (κ3) is 4.19. The molecule has 0 radical (unpaired) electrons. The van der Waals surface area contributed by atoms with E-state index in [0.29, 0.717) is 11.4 Å². The molecule has 1 aliphatic carbocycles. The number of nitrogens with one attached hydrogen (secondary N) is 2. The molecule has 2 rings (SSSR count). The molecule has 2 N–H and O–H groups in total. The Labute approximate surface area is 114 Å². The van der Waals surface area contributed by atoms with E-state index in [1.807, 2.05) is 6.92 Å². The van der Waals surface area contributed by atoms with Crippen LogP contribution in [-0.4, -0.2) is 34.2 Å². The average molecular weight is 284 g/mol. The summed E-state index contributed by atoms with van der Waals surface area (Å²) in [7, 11) is -1.69. The Hall–Kier alpha value is -1.11. The molecule has 0 spiro atoms. The van der Waals surface area contributed by atoms with Gasteiger partial charge in [-0.2, -0.15) is 0 Å². The van der Waals surface area contributed by atoms with Gasteiger partial charge in [0.2, 0.25) is 10.0 Å². The summed E-state index contributed by atoms with van der Waals surface area (Å²) in [4.78, 5) is 0.310. The summed E-state index contributed by atoms with van der Waals surface area (Å²) in [6.45, 7) is 2.65. The second-order valence-electron chi connectivity index (χ2n) is 4.85. The van der Waals surface area contributed by atoms with Gasteiger partial charge in [0.1, 0.15) is 0 Å². The molecule has 0 aromatic heterocycles. The Morgan fingerprint density at radius 2 is 1.95 bits per heavy atom. The second kappa shape index (κ2) is 5.90. The highest BCUT2D eigenvalue weighted by Crippen LogP contribution is 2.22. The number of hydrogen-bond acceptors (Lipinski definition) is 4. The molecule has 0 heterocycles. The molecule has 1 saturated carbocycles. The molecule has 0 aliphatic heterocycles. The quantitative estimate of drug-likeness (QED) is 0.797. The van der Waals surface area contributed by atoms with Gasteiger partial charge in [-0.15, -0.1) is 0 Å². The molecule has 0 amide bonds. The van der Waals surface area contributed by atoms with Crippen molar-refractivity contribution < 1.29 is 13.2 Å². The fourth-order valence-electron chi connectivity index (χ4n) is 1.59. The van der Waals surface area contributed by atoms with Crippen molar-refractivity contribution in [3.8, 4) is 0 Å². The van der Waals surface area contributed by atoms with E-state index in [1.165, 1.54) is 0 Å². The minimum atomic E-state index is -3.35. The number of ether oxygens (including phenoxy) is 1. The van der Waals surface area contributed by atoms with Crippen LogP contribution in [0.4, 0.5) is 5.69 Å². The van der Waals surface area contributed by atoms with Gasteiger partial charge in [-0.1, -0.05) is 0 Å². The first-order chi connectivity index (χ1) is 9.01. The molecule has 0 bridgehead atoms. The van der Waals surface area contributed by atoms with Gasteiger partial charge in [0.05, 0.1) is 11.0 Å². The van der Waals surface area contributed by atoms with Crippen LogP contribution in [0.5, 0.6) is 0 Å². The van der Waals surface area contributed by atoms with Crippen molar-refractivity contribution in [3.63, 3.8) is 0 Å². The van der Waals surface area contributed by atoms with Gasteiger partial charge in [0, 0.05) is 25.4 Å². The van der Waals surface area contributed by atoms with Crippen molar-refractivity contribution >= 4 is 15.7 Å². The molecule has 6 heteroatoms. The Bertz CT molecular complexity index is 509. The maximum absolute atomic E-state index is 12.0. The zero-order valence-electron chi connectivity index (χ0n) is 11.2. The zero-order valence-corrected chi connectivity index (χ0v) is 12.0. The van der Waals surface area contributed by atoms with E-state index in [-0.39, 0.29) is 12.1 Å². The Kier molecular flexibility index (Phi) is 4.44. The van der Waals surface area contributed by atoms with E-state index in [2.05, 4.69) is 10.0 Å². The molecule has 1 aromatic rings. The van der Waals surface area contributed by atoms with Crippen LogP contribution in [0.15, 0.2) is 29.2 Å². The first-order valence-electron chi connectivity index (χ1n) is 6.40. The summed E-state index contributed by atoms with van der Waals surface area (Å²) in [6.07, 6.45) is 1.99. The van der Waals surface area contributed by atoms with Crippen LogP contribution in [0, 0.1) is 0 Å². The molecule has 19 heavy (non-hydrogen) atoms. The van der Waals surface area contributed by atoms with Crippen LogP contribution in [-0.2, 0) is 14.8 Å². The van der Waals surface area contributed by atoms with E-state index in [0.717, 1.165) is 18.5 Å². The zero-order chi connectivity index (χ0) is 13.9. The van der Waals surface area contributed by atoms with Crippen molar-refractivity contribution in [1.82, 2.24) is 4.72 Å². The molecular weight excluding hydrogens is 264 g/mol. The van der Waals surface area contributed by atoms with E-state index in [1.54, 1.807) is 31.4 Å². The lowest BCUT2D eigenvalue weighted by Gasteiger charge is -2.12. The molecule has 1 aliphatic rings. The summed E-state index contributed by atoms with van der Waals surface area (Å²) in [5, 5.41) is 3.19. The Balaban J connectivity index is 1.97. The van der Waals surface area contributed by atoms with Crippen molar-refractivity contribution in [2.24, 2.45) is 0 Å². The standard InChI is InChI=1S/C13H20N2O3S/c1-10(18-2)9-14-11-5-7-13(8-6-11)19(16,17)15-12-3-4-12/h5-8,10,12,14-15H,3-4,9H2,1-2H3. The second-order valence-corrected chi connectivity index (χ2v) is 6.56. The highest BCUT2D eigenvalue weighted by atomic mass is 32.2. The SMILES string of the molecule is COC(C)CNc1ccc(S(=O)(=O)NC2CC2)cc1. The van der Waals surface area contributed by atoms with Crippen molar-refractivity contribution in [3.05, 3.63) is 24.3 Å². The van der Waals surface area contributed by atoms with Crippen LogP contribution in [0.25, 0.3) is 0 Å². The molecule has 1 aromatic carbocycles.